The zero-order valence-corrected chi connectivity index (χ0v) is 14.7. The van der Waals surface area contributed by atoms with Crippen LogP contribution in [0.2, 0.25) is 0 Å². The number of carbonyl (C=O) groups excluding carboxylic acids is 1. The van der Waals surface area contributed by atoms with E-state index in [0.29, 0.717) is 5.75 Å². The summed E-state index contributed by atoms with van der Waals surface area (Å²) in [7, 11) is 1.24. The Morgan fingerprint density at radius 3 is 2.35 bits per heavy atom. The molecule has 0 aromatic heterocycles. The Morgan fingerprint density at radius 1 is 1.08 bits per heavy atom. The largest absolute Gasteiger partial charge is 0.489 e. The maximum absolute atomic E-state index is 12.5. The number of carbonyl (C=O) groups is 1. The first-order valence-electron chi connectivity index (χ1n) is 7.84. The summed E-state index contributed by atoms with van der Waals surface area (Å²) in [4.78, 5) is 11.9. The Bertz CT molecular complexity index is 732. The number of benzene rings is 2. The van der Waals surface area contributed by atoms with Gasteiger partial charge in [0.15, 0.2) is 0 Å². The highest BCUT2D eigenvalue weighted by Crippen LogP contribution is 2.28. The second-order valence-corrected chi connectivity index (χ2v) is 5.84. The van der Waals surface area contributed by atoms with Crippen molar-refractivity contribution in [2.75, 3.05) is 7.11 Å². The molecule has 0 fully saturated rings. The number of hydrogen-bond donors (Lipinski definition) is 0. The fraction of sp³-hybridized carbons (Fsp3) is 0.316. The quantitative estimate of drug-likeness (QED) is 0.512. The summed E-state index contributed by atoms with van der Waals surface area (Å²) < 4.78 is 45.2. The fourth-order valence-corrected chi connectivity index (χ4v) is 2.21. The minimum absolute atomic E-state index is 0.140. The van der Waals surface area contributed by atoms with E-state index < -0.39 is 18.4 Å². The molecule has 0 heterocycles. The minimum Gasteiger partial charge on any atom is -0.489 e. The van der Waals surface area contributed by atoms with Crippen molar-refractivity contribution in [3.05, 3.63) is 59.7 Å². The lowest BCUT2D eigenvalue weighted by Gasteiger charge is -2.26. The first-order chi connectivity index (χ1) is 12.3. The van der Waals surface area contributed by atoms with Gasteiger partial charge in [0.05, 0.1) is 12.7 Å². The molecule has 0 atom stereocenters. The van der Waals surface area contributed by atoms with Crippen LogP contribution in [0.1, 0.15) is 29.8 Å². The van der Waals surface area contributed by atoms with Gasteiger partial charge < -0.3 is 14.2 Å². The molecule has 5 nitrogen and oxygen atoms in total. The SMILES string of the molecule is COC(=O)c1cc(OCc2ccccc2)cc(OC(C)(C)OC(F)F)c1. The highest BCUT2D eigenvalue weighted by atomic mass is 19.3. The smallest absolute Gasteiger partial charge is 0.348 e. The van der Waals surface area contributed by atoms with E-state index >= 15 is 0 Å². The van der Waals surface area contributed by atoms with Crippen molar-refractivity contribution in [2.24, 2.45) is 0 Å². The zero-order valence-electron chi connectivity index (χ0n) is 14.7. The van der Waals surface area contributed by atoms with E-state index in [-0.39, 0.29) is 17.9 Å². The summed E-state index contributed by atoms with van der Waals surface area (Å²) in [6, 6.07) is 13.8. The van der Waals surface area contributed by atoms with Gasteiger partial charge in [-0.3, -0.25) is 4.74 Å². The Labute approximate surface area is 150 Å². The number of rotatable bonds is 8. The fourth-order valence-electron chi connectivity index (χ4n) is 2.21. The normalized spacial score (nSPS) is 11.3. The van der Waals surface area contributed by atoms with Gasteiger partial charge in [0, 0.05) is 19.9 Å². The topological polar surface area (TPSA) is 54.0 Å². The second-order valence-electron chi connectivity index (χ2n) is 5.84. The van der Waals surface area contributed by atoms with Crippen LogP contribution in [0.3, 0.4) is 0 Å². The third kappa shape index (κ3) is 6.00. The molecular formula is C19H20F2O5. The van der Waals surface area contributed by atoms with E-state index in [9.17, 15) is 13.6 Å². The number of ether oxygens (including phenoxy) is 4. The van der Waals surface area contributed by atoms with Crippen molar-refractivity contribution in [3.63, 3.8) is 0 Å². The summed E-state index contributed by atoms with van der Waals surface area (Å²) >= 11 is 0. The molecule has 0 saturated carbocycles. The Hall–Kier alpha value is -2.67. The molecule has 0 spiro atoms. The predicted octanol–water partition coefficient (Wildman–Crippen LogP) is 4.41. The third-order valence-electron chi connectivity index (χ3n) is 3.29. The number of halogens is 2. The van der Waals surface area contributed by atoms with Gasteiger partial charge in [-0.25, -0.2) is 4.79 Å². The van der Waals surface area contributed by atoms with Crippen molar-refractivity contribution in [1.29, 1.82) is 0 Å². The van der Waals surface area contributed by atoms with E-state index in [1.807, 2.05) is 30.3 Å². The maximum Gasteiger partial charge on any atom is 0.348 e. The molecule has 2 aromatic rings. The summed E-state index contributed by atoms with van der Waals surface area (Å²) in [5.74, 6) is -1.73. The first-order valence-corrected chi connectivity index (χ1v) is 7.84. The van der Waals surface area contributed by atoms with Crippen LogP contribution in [0.15, 0.2) is 48.5 Å². The van der Waals surface area contributed by atoms with E-state index in [0.717, 1.165) is 5.56 Å². The molecular weight excluding hydrogens is 346 g/mol. The number of hydrogen-bond acceptors (Lipinski definition) is 5. The van der Waals surface area contributed by atoms with Gasteiger partial charge in [-0.1, -0.05) is 30.3 Å². The molecule has 0 aliphatic heterocycles. The highest BCUT2D eigenvalue weighted by molar-refractivity contribution is 5.90. The zero-order chi connectivity index (χ0) is 19.2. The van der Waals surface area contributed by atoms with Crippen molar-refractivity contribution in [3.8, 4) is 11.5 Å². The third-order valence-corrected chi connectivity index (χ3v) is 3.29. The average Bonchev–Trinajstić information content (AvgIpc) is 2.58. The van der Waals surface area contributed by atoms with Crippen LogP contribution >= 0.6 is 0 Å². The second kappa shape index (κ2) is 8.62. The number of alkyl halides is 2. The molecule has 26 heavy (non-hydrogen) atoms. The molecule has 2 rings (SSSR count). The summed E-state index contributed by atoms with van der Waals surface area (Å²) in [6.45, 7) is -0.0484. The molecule has 0 radical (unpaired) electrons. The molecule has 0 aliphatic rings. The van der Waals surface area contributed by atoms with Crippen LogP contribution in [-0.4, -0.2) is 25.5 Å². The summed E-state index contributed by atoms with van der Waals surface area (Å²) in [5, 5.41) is 0. The van der Waals surface area contributed by atoms with Gasteiger partial charge in [0.1, 0.15) is 18.1 Å². The summed E-state index contributed by atoms with van der Waals surface area (Å²) in [6.07, 6.45) is 0. The van der Waals surface area contributed by atoms with Gasteiger partial charge in [0.25, 0.3) is 0 Å². The van der Waals surface area contributed by atoms with E-state index in [1.165, 1.54) is 39.2 Å². The van der Waals surface area contributed by atoms with Crippen LogP contribution < -0.4 is 9.47 Å². The lowest BCUT2D eigenvalue weighted by atomic mass is 10.2. The van der Waals surface area contributed by atoms with Gasteiger partial charge in [0.2, 0.25) is 5.79 Å². The van der Waals surface area contributed by atoms with Gasteiger partial charge in [-0.2, -0.15) is 8.78 Å². The van der Waals surface area contributed by atoms with Crippen LogP contribution in [-0.2, 0) is 16.1 Å². The highest BCUT2D eigenvalue weighted by Gasteiger charge is 2.26. The number of esters is 1. The Kier molecular flexibility index (Phi) is 6.52. The molecule has 0 N–H and O–H groups in total. The molecule has 0 amide bonds. The lowest BCUT2D eigenvalue weighted by Crippen LogP contribution is -2.33. The van der Waals surface area contributed by atoms with Crippen molar-refractivity contribution in [2.45, 2.75) is 32.9 Å². The van der Waals surface area contributed by atoms with E-state index in [4.69, 9.17) is 14.2 Å². The lowest BCUT2D eigenvalue weighted by molar-refractivity contribution is -0.264. The molecule has 0 bridgehead atoms. The van der Waals surface area contributed by atoms with Crippen LogP contribution in [0.25, 0.3) is 0 Å². The van der Waals surface area contributed by atoms with Crippen molar-refractivity contribution < 1.29 is 32.5 Å². The maximum atomic E-state index is 12.5. The Balaban J connectivity index is 2.22. The van der Waals surface area contributed by atoms with Crippen LogP contribution in [0, 0.1) is 0 Å². The van der Waals surface area contributed by atoms with Crippen molar-refractivity contribution in [1.82, 2.24) is 0 Å². The molecule has 0 unspecified atom stereocenters. The first kappa shape index (κ1) is 19.7. The van der Waals surface area contributed by atoms with Gasteiger partial charge >= 0.3 is 12.6 Å². The van der Waals surface area contributed by atoms with Crippen molar-refractivity contribution >= 4 is 5.97 Å². The van der Waals surface area contributed by atoms with E-state index in [1.54, 1.807) is 0 Å². The number of methoxy groups -OCH3 is 1. The molecule has 0 aliphatic carbocycles. The Morgan fingerprint density at radius 2 is 1.73 bits per heavy atom. The molecule has 0 saturated heterocycles. The standard InChI is InChI=1S/C19H20F2O5/c1-19(2,26-18(20)21)25-16-10-14(17(22)23-3)9-15(11-16)24-12-13-7-5-4-6-8-13/h4-11,18H,12H2,1-3H3. The minimum atomic E-state index is -3.00. The van der Waals surface area contributed by atoms with Gasteiger partial charge in [-0.15, -0.1) is 0 Å². The monoisotopic (exact) mass is 366 g/mol. The summed E-state index contributed by atoms with van der Waals surface area (Å²) in [5.41, 5.74) is 1.10. The van der Waals surface area contributed by atoms with Crippen LogP contribution in [0.4, 0.5) is 8.78 Å². The van der Waals surface area contributed by atoms with Gasteiger partial charge in [-0.05, 0) is 17.7 Å². The molecule has 7 heteroatoms. The molecule has 140 valence electrons. The van der Waals surface area contributed by atoms with E-state index in [2.05, 4.69) is 4.74 Å². The van der Waals surface area contributed by atoms with Crippen LogP contribution in [0.5, 0.6) is 11.5 Å². The molecule has 2 aromatic carbocycles. The predicted molar refractivity (Wildman–Crippen MR) is 90.4 cm³/mol. The average molecular weight is 366 g/mol.